The van der Waals surface area contributed by atoms with E-state index in [-0.39, 0.29) is 5.92 Å². The van der Waals surface area contributed by atoms with Crippen molar-refractivity contribution in [2.24, 2.45) is 14.1 Å². The van der Waals surface area contributed by atoms with E-state index in [0.29, 0.717) is 0 Å². The number of pyridine rings is 1. The molecule has 0 aliphatic carbocycles. The van der Waals surface area contributed by atoms with Gasteiger partial charge in [0.1, 0.15) is 0 Å². The molecule has 0 fully saturated rings. The first-order valence-electron chi connectivity index (χ1n) is 10.1. The first-order chi connectivity index (χ1) is 14.1. The lowest BCUT2D eigenvalue weighted by Crippen LogP contribution is -2.09. The van der Waals surface area contributed by atoms with Gasteiger partial charge in [0, 0.05) is 53.5 Å². The van der Waals surface area contributed by atoms with Crippen LogP contribution in [0.1, 0.15) is 34.1 Å². The number of para-hydroxylation sites is 2. The van der Waals surface area contributed by atoms with Crippen LogP contribution in [0.3, 0.4) is 0 Å². The van der Waals surface area contributed by atoms with Crippen molar-refractivity contribution in [2.45, 2.75) is 19.8 Å². The van der Waals surface area contributed by atoms with Crippen molar-refractivity contribution in [1.29, 1.82) is 0 Å². The summed E-state index contributed by atoms with van der Waals surface area (Å²) in [4.78, 5) is 4.83. The zero-order valence-corrected chi connectivity index (χ0v) is 17.3. The molecule has 5 aromatic rings. The molecule has 3 heterocycles. The summed E-state index contributed by atoms with van der Waals surface area (Å²) in [6.45, 7) is 4.46. The fourth-order valence-corrected chi connectivity index (χ4v) is 4.82. The molecule has 0 spiro atoms. The lowest BCUT2D eigenvalue weighted by molar-refractivity contribution is 0.841. The molecule has 144 valence electrons. The zero-order valence-electron chi connectivity index (χ0n) is 17.3. The van der Waals surface area contributed by atoms with Crippen LogP contribution < -0.4 is 0 Å². The van der Waals surface area contributed by atoms with Crippen molar-refractivity contribution >= 4 is 21.8 Å². The number of benzene rings is 2. The van der Waals surface area contributed by atoms with E-state index in [9.17, 15) is 0 Å². The monoisotopic (exact) mass is 379 g/mol. The molecule has 5 rings (SSSR count). The molecule has 0 aliphatic rings. The Labute approximate surface area is 171 Å². The first-order valence-corrected chi connectivity index (χ1v) is 10.1. The summed E-state index contributed by atoms with van der Waals surface area (Å²) < 4.78 is 4.61. The van der Waals surface area contributed by atoms with Gasteiger partial charge in [0.15, 0.2) is 0 Å². The van der Waals surface area contributed by atoms with E-state index in [0.717, 1.165) is 5.69 Å². The van der Waals surface area contributed by atoms with Gasteiger partial charge in [0.2, 0.25) is 0 Å². The summed E-state index contributed by atoms with van der Waals surface area (Å²) in [5, 5.41) is 2.60. The Kier molecular flexibility index (Phi) is 4.06. The van der Waals surface area contributed by atoms with Gasteiger partial charge in [-0.05, 0) is 49.2 Å². The van der Waals surface area contributed by atoms with E-state index in [4.69, 9.17) is 4.98 Å². The Morgan fingerprint density at radius 3 is 1.62 bits per heavy atom. The summed E-state index contributed by atoms with van der Waals surface area (Å²) in [6, 6.07) is 23.6. The predicted octanol–water partition coefficient (Wildman–Crippen LogP) is 5.86. The fraction of sp³-hybridized carbons (Fsp3) is 0.192. The molecule has 0 saturated heterocycles. The van der Waals surface area contributed by atoms with E-state index in [1.165, 1.54) is 44.3 Å². The van der Waals surface area contributed by atoms with Gasteiger partial charge in [-0.2, -0.15) is 0 Å². The summed E-state index contributed by atoms with van der Waals surface area (Å²) in [5.41, 5.74) is 8.88. The maximum atomic E-state index is 4.83. The molecule has 0 unspecified atom stereocenters. The van der Waals surface area contributed by atoms with Crippen molar-refractivity contribution in [3.05, 3.63) is 101 Å². The number of nitrogens with zero attached hydrogens (tertiary/aromatic N) is 3. The lowest BCUT2D eigenvalue weighted by atomic mass is 9.84. The third-order valence-corrected chi connectivity index (χ3v) is 6.46. The minimum atomic E-state index is 0.0772. The van der Waals surface area contributed by atoms with E-state index in [1.54, 1.807) is 0 Å². The maximum Gasteiger partial charge on any atom is 0.0560 e. The average Bonchev–Trinajstić information content (AvgIpc) is 3.16. The number of hydrogen-bond acceptors (Lipinski definition) is 1. The van der Waals surface area contributed by atoms with E-state index in [1.807, 2.05) is 12.3 Å². The minimum Gasteiger partial charge on any atom is -0.348 e. The van der Waals surface area contributed by atoms with E-state index < -0.39 is 0 Å². The lowest BCUT2D eigenvalue weighted by Gasteiger charge is -2.19. The second-order valence-electron chi connectivity index (χ2n) is 7.84. The highest BCUT2D eigenvalue weighted by molar-refractivity contribution is 5.91. The van der Waals surface area contributed by atoms with Crippen LogP contribution in [-0.2, 0) is 14.1 Å². The molecule has 0 amide bonds. The minimum absolute atomic E-state index is 0.0772. The number of rotatable bonds is 3. The molecule has 0 bridgehead atoms. The Hall–Kier alpha value is -3.33. The molecule has 2 aromatic carbocycles. The Morgan fingerprint density at radius 2 is 1.14 bits per heavy atom. The van der Waals surface area contributed by atoms with Gasteiger partial charge in [-0.25, -0.2) is 0 Å². The van der Waals surface area contributed by atoms with E-state index >= 15 is 0 Å². The van der Waals surface area contributed by atoms with Crippen LogP contribution in [0.4, 0.5) is 0 Å². The van der Waals surface area contributed by atoms with Crippen LogP contribution in [0.2, 0.25) is 0 Å². The van der Waals surface area contributed by atoms with Crippen molar-refractivity contribution in [2.75, 3.05) is 0 Å². The van der Waals surface area contributed by atoms with Gasteiger partial charge in [-0.15, -0.1) is 0 Å². The fourth-order valence-electron chi connectivity index (χ4n) is 4.82. The Bertz CT molecular complexity index is 1250. The van der Waals surface area contributed by atoms with Crippen molar-refractivity contribution in [3.63, 3.8) is 0 Å². The van der Waals surface area contributed by atoms with Crippen molar-refractivity contribution in [1.82, 2.24) is 14.1 Å². The molecule has 3 heteroatoms. The molecule has 0 saturated carbocycles. The molecule has 29 heavy (non-hydrogen) atoms. The smallest absolute Gasteiger partial charge is 0.0560 e. The summed E-state index contributed by atoms with van der Waals surface area (Å²) in [7, 11) is 4.32. The molecule has 0 N–H and O–H groups in total. The zero-order chi connectivity index (χ0) is 20.1. The highest BCUT2D eigenvalue weighted by Gasteiger charge is 2.29. The molecule has 0 aliphatic heterocycles. The maximum absolute atomic E-state index is 4.83. The Balaban J connectivity index is 1.93. The first kappa shape index (κ1) is 17.7. The standard InChI is InChI=1S/C26H25N3/c1-17-24(19-11-5-7-14-22(19)28(17)3)26(21-13-9-10-16-27-21)25-18(2)29(4)23-15-8-6-12-20(23)25/h5-16,26H,1-4H3. The number of hydrogen-bond donors (Lipinski definition) is 0. The van der Waals surface area contributed by atoms with Gasteiger partial charge in [-0.1, -0.05) is 42.5 Å². The third kappa shape index (κ3) is 2.54. The molecule has 3 nitrogen and oxygen atoms in total. The van der Waals surface area contributed by atoms with Crippen LogP contribution in [0.5, 0.6) is 0 Å². The van der Waals surface area contributed by atoms with Crippen LogP contribution in [0, 0.1) is 13.8 Å². The normalized spacial score (nSPS) is 11.8. The van der Waals surface area contributed by atoms with Gasteiger partial charge < -0.3 is 9.13 Å². The van der Waals surface area contributed by atoms with Gasteiger partial charge >= 0.3 is 0 Å². The van der Waals surface area contributed by atoms with Crippen molar-refractivity contribution in [3.8, 4) is 0 Å². The van der Waals surface area contributed by atoms with Gasteiger partial charge in [-0.3, -0.25) is 4.98 Å². The summed E-state index contributed by atoms with van der Waals surface area (Å²) in [5.74, 6) is 0.0772. The molecular formula is C26H25N3. The SMILES string of the molecule is Cc1c(C(c2ccccn2)c2c(C)n(C)c3ccccc23)c2ccccc2n1C. The van der Waals surface area contributed by atoms with Crippen LogP contribution in [0.15, 0.2) is 72.9 Å². The number of fused-ring (bicyclic) bond motifs is 2. The molecule has 0 atom stereocenters. The third-order valence-electron chi connectivity index (χ3n) is 6.46. The second-order valence-corrected chi connectivity index (χ2v) is 7.84. The van der Waals surface area contributed by atoms with Crippen LogP contribution in [-0.4, -0.2) is 14.1 Å². The summed E-state index contributed by atoms with van der Waals surface area (Å²) in [6.07, 6.45) is 1.91. The predicted molar refractivity (Wildman–Crippen MR) is 120 cm³/mol. The molecule has 3 aromatic heterocycles. The van der Waals surface area contributed by atoms with Gasteiger partial charge in [0.25, 0.3) is 0 Å². The van der Waals surface area contributed by atoms with Crippen molar-refractivity contribution < 1.29 is 0 Å². The highest BCUT2D eigenvalue weighted by Crippen LogP contribution is 2.43. The number of aromatic nitrogens is 3. The Morgan fingerprint density at radius 1 is 0.655 bits per heavy atom. The quantitative estimate of drug-likeness (QED) is 0.385. The topological polar surface area (TPSA) is 22.8 Å². The molecular weight excluding hydrogens is 354 g/mol. The van der Waals surface area contributed by atoms with Crippen LogP contribution >= 0.6 is 0 Å². The molecule has 0 radical (unpaired) electrons. The van der Waals surface area contributed by atoms with E-state index in [2.05, 4.69) is 97.7 Å². The second kappa shape index (κ2) is 6.63. The van der Waals surface area contributed by atoms with Crippen LogP contribution in [0.25, 0.3) is 21.8 Å². The average molecular weight is 380 g/mol. The summed E-state index contributed by atoms with van der Waals surface area (Å²) >= 11 is 0. The largest absolute Gasteiger partial charge is 0.348 e. The highest BCUT2D eigenvalue weighted by atomic mass is 15.0. The van der Waals surface area contributed by atoms with Gasteiger partial charge in [0.05, 0.1) is 11.6 Å². The number of aryl methyl sites for hydroxylation is 2.